The van der Waals surface area contributed by atoms with Gasteiger partial charge in [0.05, 0.1) is 39.5 Å². The molecule has 338 valence electrons. The lowest BCUT2D eigenvalue weighted by molar-refractivity contribution is -0.142. The van der Waals surface area contributed by atoms with Crippen molar-refractivity contribution in [2.75, 3.05) is 52.7 Å². The van der Waals surface area contributed by atoms with Crippen LogP contribution in [0.1, 0.15) is 33.4 Å². The Morgan fingerprint density at radius 1 is 0.409 bits per heavy atom. The summed E-state index contributed by atoms with van der Waals surface area (Å²) in [6.07, 6.45) is 0. The van der Waals surface area contributed by atoms with Gasteiger partial charge in [-0.05, 0) is 148 Å². The molecule has 0 saturated heterocycles. The van der Waals surface area contributed by atoms with Gasteiger partial charge in [0, 0.05) is 6.54 Å². The molecule has 0 unspecified atom stereocenters. The van der Waals surface area contributed by atoms with Crippen LogP contribution in [0.2, 0.25) is 0 Å². The van der Waals surface area contributed by atoms with E-state index in [1.165, 1.54) is 99.5 Å². The summed E-state index contributed by atoms with van der Waals surface area (Å²) in [4.78, 5) is 23.1. The molecular weight excluding hydrogens is 823 g/mol. The molecule has 0 aliphatic rings. The van der Waals surface area contributed by atoms with Crippen LogP contribution >= 0.6 is 0 Å². The van der Waals surface area contributed by atoms with Crippen molar-refractivity contribution in [1.82, 2.24) is 4.90 Å². The van der Waals surface area contributed by atoms with Crippen molar-refractivity contribution in [3.63, 3.8) is 0 Å². The van der Waals surface area contributed by atoms with E-state index in [4.69, 9.17) is 24.4 Å². The number of hydrogen-bond acceptors (Lipinski definition) is 6. The molecule has 0 amide bonds. The number of nitrogens with zero attached hydrogens (tertiary/aromatic N) is 1. The summed E-state index contributed by atoms with van der Waals surface area (Å²) in [7, 11) is 0. The number of carbonyl (C=O) groups is 2. The summed E-state index contributed by atoms with van der Waals surface area (Å²) >= 11 is 0. The normalized spacial score (nSPS) is 11.3. The van der Waals surface area contributed by atoms with Crippen molar-refractivity contribution in [2.24, 2.45) is 0 Å². The van der Waals surface area contributed by atoms with Crippen LogP contribution in [-0.2, 0) is 19.1 Å². The molecule has 0 spiro atoms. The highest BCUT2D eigenvalue weighted by Gasteiger charge is 2.15. The van der Waals surface area contributed by atoms with Gasteiger partial charge in [0.25, 0.3) is 0 Å². The van der Waals surface area contributed by atoms with Crippen LogP contribution in [-0.4, -0.2) is 79.7 Å². The predicted molar refractivity (Wildman–Crippen MR) is 266 cm³/mol. The Labute approximate surface area is 389 Å². The van der Waals surface area contributed by atoms with E-state index in [0.717, 1.165) is 11.3 Å². The second kappa shape index (κ2) is 21.9. The second-order valence-corrected chi connectivity index (χ2v) is 17.1. The molecule has 0 bridgehead atoms. The molecule has 7 rings (SSSR count). The topological polar surface area (TPSA) is 106 Å². The maximum absolute atomic E-state index is 10.9. The van der Waals surface area contributed by atoms with Gasteiger partial charge in [0.1, 0.15) is 12.4 Å². The van der Waals surface area contributed by atoms with E-state index in [9.17, 15) is 9.59 Å². The lowest BCUT2D eigenvalue weighted by Crippen LogP contribution is -2.37. The Bertz CT molecular complexity index is 2810. The van der Waals surface area contributed by atoms with E-state index in [0.29, 0.717) is 26.4 Å². The molecule has 0 saturated carbocycles. The first-order valence-electron chi connectivity index (χ1n) is 22.5. The summed E-state index contributed by atoms with van der Waals surface area (Å²) in [6.45, 7) is 14.2. The molecule has 66 heavy (non-hydrogen) atoms. The van der Waals surface area contributed by atoms with E-state index in [2.05, 4.69) is 169 Å². The summed E-state index contributed by atoms with van der Waals surface area (Å²) < 4.78 is 16.9. The fourth-order valence-electron chi connectivity index (χ4n) is 8.63. The third-order valence-corrected chi connectivity index (χ3v) is 12.0. The maximum Gasteiger partial charge on any atom is 0.317 e. The largest absolute Gasteiger partial charge is 0.491 e. The SMILES string of the molecule is Cc1cccc(-c2ccc(-c3ccc(-c4ccc(-c5ccc(-c6ccc(-c7ccc(OCCOCCOCCN(CC(=O)O)CC(=O)O)cc7)c(C)c6)cc5C)c(C)c4)cc3C)c(C)c2)c1. The van der Waals surface area contributed by atoms with Crippen molar-refractivity contribution in [3.8, 4) is 72.5 Å². The van der Waals surface area contributed by atoms with Gasteiger partial charge in [-0.15, -0.1) is 0 Å². The van der Waals surface area contributed by atoms with Crippen molar-refractivity contribution in [2.45, 2.75) is 41.5 Å². The minimum Gasteiger partial charge on any atom is -0.491 e. The van der Waals surface area contributed by atoms with Gasteiger partial charge in [0.2, 0.25) is 0 Å². The third kappa shape index (κ3) is 12.1. The van der Waals surface area contributed by atoms with E-state index < -0.39 is 11.9 Å². The molecule has 0 atom stereocenters. The molecule has 0 heterocycles. The van der Waals surface area contributed by atoms with Gasteiger partial charge < -0.3 is 24.4 Å². The van der Waals surface area contributed by atoms with Crippen LogP contribution in [0.4, 0.5) is 0 Å². The smallest absolute Gasteiger partial charge is 0.317 e. The highest BCUT2D eigenvalue weighted by Crippen LogP contribution is 2.37. The second-order valence-electron chi connectivity index (χ2n) is 17.1. The molecule has 0 aliphatic carbocycles. The molecule has 8 nitrogen and oxygen atoms in total. The molecular formula is C58H59NO7. The van der Waals surface area contributed by atoms with Gasteiger partial charge >= 0.3 is 11.9 Å². The number of carboxylic acid groups (broad SMARTS) is 2. The standard InChI is InChI=1S/C58H59NO7/c1-38-8-7-9-45(30-38)46-13-20-53(40(3)32-46)54-22-15-49(34-42(54)5)50-16-23-56(43(6)35-50)55-21-14-48(33-41(55)4)47-12-19-52(39(2)31-47)44-10-17-51(18-11-44)66-29-28-65-27-26-64-25-24-59(36-57(60)61)37-58(62)63/h7-23,30-35H,24-29,36-37H2,1-6H3,(H,60,61)(H,62,63). The monoisotopic (exact) mass is 881 g/mol. The maximum atomic E-state index is 10.9. The van der Waals surface area contributed by atoms with E-state index >= 15 is 0 Å². The number of hydrogen-bond donors (Lipinski definition) is 2. The number of rotatable bonds is 20. The van der Waals surface area contributed by atoms with Crippen LogP contribution in [0.25, 0.3) is 66.8 Å². The first kappa shape index (κ1) is 47.1. The van der Waals surface area contributed by atoms with Gasteiger partial charge in [-0.3, -0.25) is 14.5 Å². The first-order chi connectivity index (χ1) is 31.8. The van der Waals surface area contributed by atoms with Crippen LogP contribution in [0.5, 0.6) is 5.75 Å². The van der Waals surface area contributed by atoms with Crippen molar-refractivity contribution in [1.29, 1.82) is 0 Å². The highest BCUT2D eigenvalue weighted by atomic mass is 16.5. The van der Waals surface area contributed by atoms with E-state index in [-0.39, 0.29) is 26.2 Å². The zero-order valence-electron chi connectivity index (χ0n) is 38.8. The van der Waals surface area contributed by atoms with Crippen LogP contribution in [0.3, 0.4) is 0 Å². The van der Waals surface area contributed by atoms with Crippen molar-refractivity contribution in [3.05, 3.63) is 173 Å². The zero-order chi connectivity index (χ0) is 46.7. The molecule has 0 aliphatic heterocycles. The summed E-state index contributed by atoms with van der Waals surface area (Å²) in [6, 6.07) is 50.7. The Morgan fingerprint density at radius 2 is 0.773 bits per heavy atom. The third-order valence-electron chi connectivity index (χ3n) is 12.0. The minimum absolute atomic E-state index is 0.205. The van der Waals surface area contributed by atoms with Crippen LogP contribution in [0, 0.1) is 41.5 Å². The van der Waals surface area contributed by atoms with Gasteiger partial charge in [0.15, 0.2) is 0 Å². The lowest BCUT2D eigenvalue weighted by atomic mass is 9.89. The predicted octanol–water partition coefficient (Wildman–Crippen LogP) is 12.4. The number of benzene rings is 7. The Hall–Kier alpha value is -6.84. The van der Waals surface area contributed by atoms with E-state index in [1.54, 1.807) is 0 Å². The fraction of sp³-hybridized carbons (Fsp3) is 0.241. The number of aliphatic carboxylic acids is 2. The molecule has 7 aromatic rings. The molecule has 2 N–H and O–H groups in total. The number of aryl methyl sites for hydroxylation is 6. The Morgan fingerprint density at radius 3 is 1.17 bits per heavy atom. The fourth-order valence-corrected chi connectivity index (χ4v) is 8.63. The van der Waals surface area contributed by atoms with Gasteiger partial charge in [-0.2, -0.15) is 0 Å². The lowest BCUT2D eigenvalue weighted by Gasteiger charge is -2.17. The van der Waals surface area contributed by atoms with Crippen molar-refractivity contribution < 1.29 is 34.0 Å². The first-order valence-corrected chi connectivity index (χ1v) is 22.5. The van der Waals surface area contributed by atoms with Crippen molar-refractivity contribution >= 4 is 11.9 Å². The zero-order valence-corrected chi connectivity index (χ0v) is 38.8. The summed E-state index contributed by atoms with van der Waals surface area (Å²) in [5.41, 5.74) is 22.1. The number of carboxylic acids is 2. The van der Waals surface area contributed by atoms with Crippen LogP contribution in [0.15, 0.2) is 140 Å². The Kier molecular flexibility index (Phi) is 15.6. The molecule has 7 aromatic carbocycles. The quantitative estimate of drug-likeness (QED) is 0.0729. The summed E-state index contributed by atoms with van der Waals surface area (Å²) in [5.74, 6) is -1.41. The summed E-state index contributed by atoms with van der Waals surface area (Å²) in [5, 5.41) is 17.9. The van der Waals surface area contributed by atoms with Gasteiger partial charge in [-0.1, -0.05) is 133 Å². The molecule has 0 fully saturated rings. The van der Waals surface area contributed by atoms with Crippen LogP contribution < -0.4 is 4.74 Å². The Balaban J connectivity index is 0.918. The van der Waals surface area contributed by atoms with Gasteiger partial charge in [-0.25, -0.2) is 0 Å². The van der Waals surface area contributed by atoms with E-state index in [1.807, 2.05) is 12.1 Å². The molecule has 0 aromatic heterocycles. The number of ether oxygens (including phenoxy) is 3. The average Bonchev–Trinajstić information content (AvgIpc) is 3.28. The average molecular weight is 882 g/mol. The molecule has 0 radical (unpaired) electrons. The molecule has 8 heteroatoms. The minimum atomic E-state index is -1.08. The highest BCUT2D eigenvalue weighted by molar-refractivity contribution is 5.82.